The van der Waals surface area contributed by atoms with Crippen molar-refractivity contribution in [2.45, 2.75) is 27.3 Å². The molecule has 1 rings (SSSR count). The average Bonchev–Trinajstić information content (AvgIpc) is 2.66. The summed E-state index contributed by atoms with van der Waals surface area (Å²) >= 11 is 3.56. The van der Waals surface area contributed by atoms with Crippen molar-refractivity contribution in [3.05, 3.63) is 22.2 Å². The number of rotatable bonds is 9. The van der Waals surface area contributed by atoms with Gasteiger partial charge < -0.3 is 24.6 Å². The Hall–Kier alpha value is -1.23. The number of hydrogen-bond donors (Lipinski definition) is 1. The summed E-state index contributed by atoms with van der Waals surface area (Å²) in [5.74, 6) is 2.08. The Morgan fingerprint density at radius 3 is 2.21 bits per heavy atom. The number of ether oxygens (including phenoxy) is 2. The Labute approximate surface area is 194 Å². The summed E-state index contributed by atoms with van der Waals surface area (Å²) in [4.78, 5) is 20.7. The molecule has 0 fully saturated rings. The van der Waals surface area contributed by atoms with E-state index in [9.17, 15) is 4.79 Å². The van der Waals surface area contributed by atoms with Gasteiger partial charge in [0.15, 0.2) is 17.5 Å². The number of likely N-dealkylation sites (N-methyl/N-ethyl adjacent to an activating group) is 2. The van der Waals surface area contributed by atoms with Crippen molar-refractivity contribution in [2.24, 2.45) is 4.99 Å². The first-order valence-corrected chi connectivity index (χ1v) is 9.88. The predicted octanol–water partition coefficient (Wildman–Crippen LogP) is 3.35. The van der Waals surface area contributed by atoms with Gasteiger partial charge in [0, 0.05) is 31.2 Å². The van der Waals surface area contributed by atoms with Gasteiger partial charge in [-0.25, -0.2) is 4.99 Å². The first kappa shape index (κ1) is 26.8. The summed E-state index contributed by atoms with van der Waals surface area (Å²) in [6.45, 7) is 8.81. The molecule has 1 amide bonds. The van der Waals surface area contributed by atoms with Crippen molar-refractivity contribution in [1.29, 1.82) is 0 Å². The number of nitrogens with zero attached hydrogens (tertiary/aromatic N) is 3. The highest BCUT2D eigenvalue weighted by atomic mass is 127. The van der Waals surface area contributed by atoms with E-state index < -0.39 is 0 Å². The zero-order chi connectivity index (χ0) is 20.4. The van der Waals surface area contributed by atoms with Gasteiger partial charge in [-0.3, -0.25) is 4.79 Å². The summed E-state index contributed by atoms with van der Waals surface area (Å²) < 4.78 is 11.6. The van der Waals surface area contributed by atoms with Gasteiger partial charge in [-0.2, -0.15) is 0 Å². The van der Waals surface area contributed by atoms with Crippen molar-refractivity contribution in [2.75, 3.05) is 47.4 Å². The van der Waals surface area contributed by atoms with E-state index in [0.717, 1.165) is 16.6 Å². The molecule has 160 valence electrons. The standard InChI is InChI=1S/C19H31BrN4O3.HI/c1-7-21-19(23(4)13-18(25)24(8-2)9-3)22-12-14-10-16(26-5)17(27-6)11-15(14)20;/h10-11H,7-9,12-13H2,1-6H3,(H,21,22);1H. The van der Waals surface area contributed by atoms with E-state index in [2.05, 4.69) is 26.2 Å². The Morgan fingerprint density at radius 2 is 1.71 bits per heavy atom. The number of hydrogen-bond acceptors (Lipinski definition) is 4. The number of carbonyl (C=O) groups is 1. The Morgan fingerprint density at radius 1 is 1.14 bits per heavy atom. The number of guanidine groups is 1. The van der Waals surface area contributed by atoms with Crippen molar-refractivity contribution in [3.8, 4) is 11.5 Å². The van der Waals surface area contributed by atoms with Crippen LogP contribution < -0.4 is 14.8 Å². The smallest absolute Gasteiger partial charge is 0.242 e. The first-order valence-electron chi connectivity index (χ1n) is 9.09. The third kappa shape index (κ3) is 7.65. The number of nitrogens with one attached hydrogen (secondary N) is 1. The number of amides is 1. The van der Waals surface area contributed by atoms with E-state index in [1.54, 1.807) is 14.2 Å². The number of benzene rings is 1. The predicted molar refractivity (Wildman–Crippen MR) is 128 cm³/mol. The van der Waals surface area contributed by atoms with Crippen LogP contribution in [0.3, 0.4) is 0 Å². The molecule has 1 N–H and O–H groups in total. The van der Waals surface area contributed by atoms with Crippen LogP contribution in [0.5, 0.6) is 11.5 Å². The maximum Gasteiger partial charge on any atom is 0.242 e. The van der Waals surface area contributed by atoms with E-state index in [1.807, 2.05) is 49.8 Å². The summed E-state index contributed by atoms with van der Waals surface area (Å²) in [5.41, 5.74) is 0.964. The molecule has 0 radical (unpaired) electrons. The summed E-state index contributed by atoms with van der Waals surface area (Å²) in [5, 5.41) is 3.24. The minimum Gasteiger partial charge on any atom is -0.493 e. The fraction of sp³-hybridized carbons (Fsp3) is 0.579. The molecule has 0 unspecified atom stereocenters. The lowest BCUT2D eigenvalue weighted by Gasteiger charge is -2.25. The van der Waals surface area contributed by atoms with E-state index in [1.165, 1.54) is 0 Å². The Kier molecular flexibility index (Phi) is 13.3. The highest BCUT2D eigenvalue weighted by molar-refractivity contribution is 14.0. The van der Waals surface area contributed by atoms with Gasteiger partial charge in [0.1, 0.15) is 0 Å². The molecule has 0 saturated heterocycles. The summed E-state index contributed by atoms with van der Waals surface area (Å²) in [6.07, 6.45) is 0. The SMILES string of the molecule is CCNC(=NCc1cc(OC)c(OC)cc1Br)N(C)CC(=O)N(CC)CC.I. The Bertz CT molecular complexity index is 654. The van der Waals surface area contributed by atoms with Crippen molar-refractivity contribution < 1.29 is 14.3 Å². The molecular formula is C19H32BrIN4O3. The molecule has 1 aromatic carbocycles. The second kappa shape index (κ2) is 13.9. The normalized spacial score (nSPS) is 10.8. The third-order valence-corrected chi connectivity index (χ3v) is 4.87. The molecule has 0 aliphatic heterocycles. The van der Waals surface area contributed by atoms with Crippen molar-refractivity contribution in [3.63, 3.8) is 0 Å². The molecule has 7 nitrogen and oxygen atoms in total. The molecule has 0 heterocycles. The molecule has 28 heavy (non-hydrogen) atoms. The molecule has 1 aromatic rings. The number of halogens is 2. The lowest BCUT2D eigenvalue weighted by molar-refractivity contribution is -0.131. The zero-order valence-corrected chi connectivity index (χ0v) is 21.5. The van der Waals surface area contributed by atoms with Gasteiger partial charge in [-0.15, -0.1) is 24.0 Å². The van der Waals surface area contributed by atoms with E-state index >= 15 is 0 Å². The fourth-order valence-corrected chi connectivity index (χ4v) is 3.05. The van der Waals surface area contributed by atoms with Crippen LogP contribution in [0.15, 0.2) is 21.6 Å². The molecule has 0 aliphatic rings. The summed E-state index contributed by atoms with van der Waals surface area (Å²) in [7, 11) is 5.08. The monoisotopic (exact) mass is 570 g/mol. The molecule has 0 bridgehead atoms. The third-order valence-electron chi connectivity index (χ3n) is 4.14. The lowest BCUT2D eigenvalue weighted by Crippen LogP contribution is -2.45. The maximum absolute atomic E-state index is 12.4. The van der Waals surface area contributed by atoms with E-state index in [0.29, 0.717) is 37.1 Å². The van der Waals surface area contributed by atoms with Gasteiger partial charge in [-0.1, -0.05) is 15.9 Å². The van der Waals surface area contributed by atoms with Gasteiger partial charge in [0.25, 0.3) is 0 Å². The van der Waals surface area contributed by atoms with Gasteiger partial charge in [0.05, 0.1) is 27.3 Å². The second-order valence-electron chi connectivity index (χ2n) is 5.89. The molecule has 0 saturated carbocycles. The second-order valence-corrected chi connectivity index (χ2v) is 6.75. The maximum atomic E-state index is 12.4. The highest BCUT2D eigenvalue weighted by Gasteiger charge is 2.15. The van der Waals surface area contributed by atoms with Crippen molar-refractivity contribution >= 4 is 51.8 Å². The number of carbonyl (C=O) groups excluding carboxylic acids is 1. The molecule has 0 atom stereocenters. The molecule has 9 heteroatoms. The molecule has 0 aromatic heterocycles. The number of methoxy groups -OCH3 is 2. The highest BCUT2D eigenvalue weighted by Crippen LogP contribution is 2.33. The van der Waals surface area contributed by atoms with Crippen LogP contribution >= 0.6 is 39.9 Å². The van der Waals surface area contributed by atoms with Crippen LogP contribution in [0.25, 0.3) is 0 Å². The van der Waals surface area contributed by atoms with Gasteiger partial charge in [0.2, 0.25) is 5.91 Å². The van der Waals surface area contributed by atoms with Crippen LogP contribution in [0.4, 0.5) is 0 Å². The quantitative estimate of drug-likeness (QED) is 0.280. The van der Waals surface area contributed by atoms with Crippen molar-refractivity contribution in [1.82, 2.24) is 15.1 Å². The van der Waals surface area contributed by atoms with Crippen LogP contribution in [-0.2, 0) is 11.3 Å². The minimum absolute atomic E-state index is 0. The largest absolute Gasteiger partial charge is 0.493 e. The van der Waals surface area contributed by atoms with Gasteiger partial charge >= 0.3 is 0 Å². The fourth-order valence-electron chi connectivity index (χ4n) is 2.60. The van der Waals surface area contributed by atoms with E-state index in [-0.39, 0.29) is 36.4 Å². The minimum atomic E-state index is 0. The molecular weight excluding hydrogens is 539 g/mol. The molecule has 0 spiro atoms. The first-order chi connectivity index (χ1) is 12.9. The van der Waals surface area contributed by atoms with Gasteiger partial charge in [-0.05, 0) is 38.5 Å². The van der Waals surface area contributed by atoms with Crippen LogP contribution in [0, 0.1) is 0 Å². The van der Waals surface area contributed by atoms with Crippen LogP contribution in [-0.4, -0.2) is 69.1 Å². The van der Waals surface area contributed by atoms with Crippen LogP contribution in [0.1, 0.15) is 26.3 Å². The van der Waals surface area contributed by atoms with E-state index in [4.69, 9.17) is 9.47 Å². The lowest BCUT2D eigenvalue weighted by atomic mass is 10.2. The topological polar surface area (TPSA) is 66.4 Å². The zero-order valence-electron chi connectivity index (χ0n) is 17.5. The summed E-state index contributed by atoms with van der Waals surface area (Å²) in [6, 6.07) is 3.77. The molecule has 0 aliphatic carbocycles. The van der Waals surface area contributed by atoms with Crippen LogP contribution in [0.2, 0.25) is 0 Å². The average molecular weight is 571 g/mol. The Balaban J connectivity index is 0.00000729. The number of aliphatic imine (C=N–C) groups is 1.